The second-order valence-corrected chi connectivity index (χ2v) is 5.40. The van der Waals surface area contributed by atoms with E-state index in [9.17, 15) is 4.79 Å². The molecular weight excluding hydrogens is 246 g/mol. The van der Waals surface area contributed by atoms with E-state index >= 15 is 0 Å². The van der Waals surface area contributed by atoms with Crippen LogP contribution in [0.4, 0.5) is 0 Å². The topological polar surface area (TPSA) is 39.2 Å². The van der Waals surface area contributed by atoms with E-state index in [4.69, 9.17) is 4.74 Å². The van der Waals surface area contributed by atoms with Gasteiger partial charge in [-0.05, 0) is 24.5 Å². The first-order chi connectivity index (χ1) is 8.58. The monoisotopic (exact) mass is 261 g/mol. The molecule has 1 heterocycles. The summed E-state index contributed by atoms with van der Waals surface area (Å²) in [6, 6.07) is 7.59. The third kappa shape index (κ3) is 2.76. The highest BCUT2D eigenvalue weighted by molar-refractivity contribution is 7.09. The van der Waals surface area contributed by atoms with Crippen LogP contribution in [0.3, 0.4) is 0 Å². The Balaban J connectivity index is 2.22. The lowest BCUT2D eigenvalue weighted by atomic mass is 10.0. The molecule has 0 N–H and O–H groups in total. The molecule has 0 saturated heterocycles. The summed E-state index contributed by atoms with van der Waals surface area (Å²) in [7, 11) is 0. The lowest BCUT2D eigenvalue weighted by molar-refractivity contribution is 0.0727. The third-order valence-electron chi connectivity index (χ3n) is 2.57. The summed E-state index contributed by atoms with van der Waals surface area (Å²) < 4.78 is 5.41. The van der Waals surface area contributed by atoms with Crippen LogP contribution in [0.2, 0.25) is 0 Å². The highest BCUT2D eigenvalue weighted by atomic mass is 32.1. The van der Waals surface area contributed by atoms with Gasteiger partial charge in [0.1, 0.15) is 5.75 Å². The summed E-state index contributed by atoms with van der Waals surface area (Å²) in [5, 5.41) is 2.58. The van der Waals surface area contributed by atoms with E-state index < -0.39 is 5.97 Å². The van der Waals surface area contributed by atoms with Gasteiger partial charge in [-0.15, -0.1) is 11.3 Å². The Morgan fingerprint density at radius 3 is 2.67 bits per heavy atom. The van der Waals surface area contributed by atoms with E-state index in [1.54, 1.807) is 5.38 Å². The van der Waals surface area contributed by atoms with Crippen LogP contribution in [0.15, 0.2) is 29.6 Å². The summed E-state index contributed by atoms with van der Waals surface area (Å²) in [5.74, 6) is 0.529. The average molecular weight is 261 g/mol. The molecule has 0 radical (unpaired) electrons. The highest BCUT2D eigenvalue weighted by Gasteiger charge is 2.15. The number of carbonyl (C=O) groups is 1. The van der Waals surface area contributed by atoms with Crippen molar-refractivity contribution in [2.45, 2.75) is 26.7 Å². The molecule has 0 aliphatic carbocycles. The Morgan fingerprint density at radius 2 is 2.06 bits per heavy atom. The van der Waals surface area contributed by atoms with Gasteiger partial charge in [-0.1, -0.05) is 32.0 Å². The maximum absolute atomic E-state index is 11.9. The molecule has 0 aliphatic rings. The fourth-order valence-electron chi connectivity index (χ4n) is 1.66. The molecule has 94 valence electrons. The molecule has 0 bridgehead atoms. The molecule has 18 heavy (non-hydrogen) atoms. The second-order valence-electron chi connectivity index (χ2n) is 4.33. The molecule has 3 nitrogen and oxygen atoms in total. The molecule has 0 atom stereocenters. The van der Waals surface area contributed by atoms with Crippen molar-refractivity contribution in [3.05, 3.63) is 45.9 Å². The standard InChI is InChI=1S/C14H15NO2S/c1-9(2)11-6-4-5-7-13(11)17-14(16)12-8-18-10(3)15-12/h4-9H,1-3H3. The van der Waals surface area contributed by atoms with Gasteiger partial charge in [-0.25, -0.2) is 9.78 Å². The maximum Gasteiger partial charge on any atom is 0.363 e. The summed E-state index contributed by atoms with van der Waals surface area (Å²) in [4.78, 5) is 16.0. The third-order valence-corrected chi connectivity index (χ3v) is 3.35. The molecule has 4 heteroatoms. The van der Waals surface area contributed by atoms with Gasteiger partial charge in [0, 0.05) is 5.38 Å². The number of benzene rings is 1. The van der Waals surface area contributed by atoms with Crippen LogP contribution in [0.25, 0.3) is 0 Å². The van der Waals surface area contributed by atoms with E-state index in [-0.39, 0.29) is 0 Å². The van der Waals surface area contributed by atoms with Gasteiger partial charge >= 0.3 is 5.97 Å². The van der Waals surface area contributed by atoms with E-state index in [1.165, 1.54) is 11.3 Å². The fourth-order valence-corrected chi connectivity index (χ4v) is 2.24. The number of aryl methyl sites for hydroxylation is 1. The zero-order valence-corrected chi connectivity index (χ0v) is 11.5. The number of ether oxygens (including phenoxy) is 1. The molecular formula is C14H15NO2S. The van der Waals surface area contributed by atoms with Crippen LogP contribution >= 0.6 is 11.3 Å². The second kappa shape index (κ2) is 5.31. The van der Waals surface area contributed by atoms with Crippen LogP contribution in [-0.2, 0) is 0 Å². The molecule has 0 amide bonds. The minimum absolute atomic E-state index is 0.311. The molecule has 0 unspecified atom stereocenters. The number of carbonyl (C=O) groups excluding carboxylic acids is 1. The molecule has 2 aromatic rings. The van der Waals surface area contributed by atoms with Crippen molar-refractivity contribution in [2.24, 2.45) is 0 Å². The Bertz CT molecular complexity index is 560. The minimum Gasteiger partial charge on any atom is -0.421 e. The molecule has 2 rings (SSSR count). The van der Waals surface area contributed by atoms with Gasteiger partial charge in [0.2, 0.25) is 0 Å². The number of esters is 1. The molecule has 0 aliphatic heterocycles. The summed E-state index contributed by atoms with van der Waals surface area (Å²) in [6.07, 6.45) is 0. The molecule has 0 saturated carbocycles. The lowest BCUT2D eigenvalue weighted by Gasteiger charge is -2.11. The highest BCUT2D eigenvalue weighted by Crippen LogP contribution is 2.26. The zero-order valence-electron chi connectivity index (χ0n) is 10.6. The van der Waals surface area contributed by atoms with E-state index in [0.29, 0.717) is 17.4 Å². The van der Waals surface area contributed by atoms with Gasteiger partial charge in [-0.2, -0.15) is 0 Å². The van der Waals surface area contributed by atoms with Crippen LogP contribution in [0.5, 0.6) is 5.75 Å². The number of rotatable bonds is 3. The lowest BCUT2D eigenvalue weighted by Crippen LogP contribution is -2.10. The van der Waals surface area contributed by atoms with Gasteiger partial charge in [0.25, 0.3) is 0 Å². The largest absolute Gasteiger partial charge is 0.421 e. The fraction of sp³-hybridized carbons (Fsp3) is 0.286. The average Bonchev–Trinajstić information content (AvgIpc) is 2.76. The van der Waals surface area contributed by atoms with Crippen LogP contribution in [0.1, 0.15) is 40.8 Å². The van der Waals surface area contributed by atoms with E-state index in [1.807, 2.05) is 31.2 Å². The van der Waals surface area contributed by atoms with Crippen LogP contribution in [-0.4, -0.2) is 11.0 Å². The molecule has 0 spiro atoms. The van der Waals surface area contributed by atoms with Crippen molar-refractivity contribution in [3.63, 3.8) is 0 Å². The van der Waals surface area contributed by atoms with Crippen molar-refractivity contribution in [1.82, 2.24) is 4.98 Å². The van der Waals surface area contributed by atoms with Crippen molar-refractivity contribution >= 4 is 17.3 Å². The van der Waals surface area contributed by atoms with Crippen LogP contribution in [0, 0.1) is 6.92 Å². The van der Waals surface area contributed by atoms with Crippen molar-refractivity contribution in [2.75, 3.05) is 0 Å². The number of para-hydroxylation sites is 1. The quantitative estimate of drug-likeness (QED) is 0.623. The van der Waals surface area contributed by atoms with Crippen LogP contribution < -0.4 is 4.74 Å². The normalized spacial score (nSPS) is 10.7. The number of nitrogens with zero attached hydrogens (tertiary/aromatic N) is 1. The van der Waals surface area contributed by atoms with Crippen molar-refractivity contribution in [1.29, 1.82) is 0 Å². The van der Waals surface area contributed by atoms with E-state index in [0.717, 1.165) is 10.6 Å². The summed E-state index contributed by atoms with van der Waals surface area (Å²) in [5.41, 5.74) is 1.40. The number of aromatic nitrogens is 1. The number of thiazole rings is 1. The smallest absolute Gasteiger partial charge is 0.363 e. The number of hydrogen-bond donors (Lipinski definition) is 0. The van der Waals surface area contributed by atoms with Crippen molar-refractivity contribution in [3.8, 4) is 5.75 Å². The number of hydrogen-bond acceptors (Lipinski definition) is 4. The van der Waals surface area contributed by atoms with E-state index in [2.05, 4.69) is 18.8 Å². The predicted molar refractivity (Wildman–Crippen MR) is 72.3 cm³/mol. The minimum atomic E-state index is -0.396. The Morgan fingerprint density at radius 1 is 1.33 bits per heavy atom. The Kier molecular flexibility index (Phi) is 3.77. The Hall–Kier alpha value is -1.68. The first-order valence-corrected chi connectivity index (χ1v) is 6.69. The first kappa shape index (κ1) is 12.8. The first-order valence-electron chi connectivity index (χ1n) is 5.81. The predicted octanol–water partition coefficient (Wildman–Crippen LogP) is 3.79. The summed E-state index contributed by atoms with van der Waals surface area (Å²) >= 11 is 1.44. The molecule has 1 aromatic heterocycles. The Labute approximate surface area is 110 Å². The SMILES string of the molecule is Cc1nc(C(=O)Oc2ccccc2C(C)C)cs1. The van der Waals surface area contributed by atoms with Crippen molar-refractivity contribution < 1.29 is 9.53 Å². The van der Waals surface area contributed by atoms with Gasteiger partial charge < -0.3 is 4.74 Å². The van der Waals surface area contributed by atoms with Gasteiger partial charge in [-0.3, -0.25) is 0 Å². The van der Waals surface area contributed by atoms with Gasteiger partial charge in [0.05, 0.1) is 5.01 Å². The zero-order chi connectivity index (χ0) is 13.1. The summed E-state index contributed by atoms with van der Waals surface area (Å²) in [6.45, 7) is 6.00. The molecule has 0 fully saturated rings. The molecule has 1 aromatic carbocycles. The van der Waals surface area contributed by atoms with Gasteiger partial charge in [0.15, 0.2) is 5.69 Å². The maximum atomic E-state index is 11.9.